The molecule has 0 aromatic heterocycles. The van der Waals surface area contributed by atoms with Gasteiger partial charge in [-0.3, -0.25) is 0 Å². The molecule has 3 aliphatic heterocycles. The summed E-state index contributed by atoms with van der Waals surface area (Å²) in [4.78, 5) is 11.8. The van der Waals surface area contributed by atoms with Crippen LogP contribution >= 0.6 is 0 Å². The van der Waals surface area contributed by atoms with Gasteiger partial charge in [-0.25, -0.2) is 4.79 Å². The number of carbonyl (C=O) groups excluding carboxylic acids is 1. The molecule has 1 aromatic carbocycles. The number of allylic oxidation sites excluding steroid dienone is 2. The molecule has 3 aliphatic rings. The summed E-state index contributed by atoms with van der Waals surface area (Å²) in [6.07, 6.45) is 14.8. The molecule has 0 spiro atoms. The maximum atomic E-state index is 12.7. The highest BCUT2D eigenvalue weighted by Gasteiger charge is 2.47. The van der Waals surface area contributed by atoms with E-state index in [-0.39, 0.29) is 101 Å². The molecule has 1 N–H and O–H groups in total. The number of esters is 1. The van der Waals surface area contributed by atoms with Gasteiger partial charge in [0.2, 0.25) is 0 Å². The fraction of sp³-hybridized carbons (Fsp3) is 0.783. The fourth-order valence-electron chi connectivity index (χ4n) is 10.4. The number of benzene rings is 1. The molecule has 424 valence electrons. The van der Waals surface area contributed by atoms with E-state index in [2.05, 4.69) is 121 Å². The number of aliphatic hydroxyl groups excluding tert-OH is 1. The van der Waals surface area contributed by atoms with Crippen molar-refractivity contribution < 1.29 is 56.6 Å². The fourth-order valence-corrected chi connectivity index (χ4v) is 13.2. The van der Waals surface area contributed by atoms with Crippen LogP contribution in [-0.4, -0.2) is 123 Å². The molecule has 12 nitrogen and oxygen atoms in total. The summed E-state index contributed by atoms with van der Waals surface area (Å²) in [5.74, 6) is 0.0844. The predicted octanol–water partition coefficient (Wildman–Crippen LogP) is 13.5. The van der Waals surface area contributed by atoms with Crippen LogP contribution in [0.15, 0.2) is 60.2 Å². The van der Waals surface area contributed by atoms with Gasteiger partial charge in [0.05, 0.1) is 81.4 Å². The second-order valence-corrected chi connectivity index (χ2v) is 34.8. The van der Waals surface area contributed by atoms with Crippen molar-refractivity contribution in [2.24, 2.45) is 23.7 Å². The first-order chi connectivity index (χ1) is 34.5. The Morgan fingerprint density at radius 2 is 1.42 bits per heavy atom. The molecule has 4 rings (SSSR count). The van der Waals surface area contributed by atoms with Crippen molar-refractivity contribution in [3.05, 3.63) is 65.8 Å². The third-order valence-electron chi connectivity index (χ3n) is 17.5. The number of carbonyl (C=O) groups is 1. The van der Waals surface area contributed by atoms with Gasteiger partial charge in [-0.15, -0.1) is 0 Å². The highest BCUT2D eigenvalue weighted by atomic mass is 28.4. The highest BCUT2D eigenvalue weighted by molar-refractivity contribution is 6.74. The molecule has 74 heavy (non-hydrogen) atoms. The predicted molar refractivity (Wildman–Crippen MR) is 302 cm³/mol. The lowest BCUT2D eigenvalue weighted by atomic mass is 9.78. The quantitative estimate of drug-likeness (QED) is 0.0312. The van der Waals surface area contributed by atoms with E-state index in [1.165, 1.54) is 13.2 Å². The van der Waals surface area contributed by atoms with Crippen molar-refractivity contribution in [3.8, 4) is 5.75 Å². The van der Waals surface area contributed by atoms with Crippen LogP contribution < -0.4 is 4.74 Å². The minimum atomic E-state index is -2.25. The van der Waals surface area contributed by atoms with E-state index >= 15 is 0 Å². The second-order valence-electron chi connectivity index (χ2n) is 25.3. The Bertz CT molecular complexity index is 1920. The molecule has 4 unspecified atom stereocenters. The average Bonchev–Trinajstić information content (AvgIpc) is 3.35. The first kappa shape index (κ1) is 64.3. The van der Waals surface area contributed by atoms with Crippen LogP contribution in [0, 0.1) is 23.7 Å². The van der Waals surface area contributed by atoms with Crippen molar-refractivity contribution in [1.29, 1.82) is 0 Å². The summed E-state index contributed by atoms with van der Waals surface area (Å²) in [7, 11) is 2.25. The van der Waals surface area contributed by atoms with Gasteiger partial charge in [0.25, 0.3) is 0 Å². The van der Waals surface area contributed by atoms with Crippen molar-refractivity contribution in [3.63, 3.8) is 0 Å². The van der Waals surface area contributed by atoms with Gasteiger partial charge in [0.15, 0.2) is 22.9 Å². The normalized spacial score (nSPS) is 28.0. The number of ether oxygens (including phenoxy) is 8. The monoisotopic (exact) mass is 1070 g/mol. The number of hydrogen-bond donors (Lipinski definition) is 1. The van der Waals surface area contributed by atoms with Crippen LogP contribution in [-0.2, 0) is 46.8 Å². The van der Waals surface area contributed by atoms with Gasteiger partial charge < -0.3 is 51.9 Å². The van der Waals surface area contributed by atoms with E-state index in [1.807, 2.05) is 31.2 Å². The molecule has 14 heteroatoms. The SMILES string of the molecule is COC(=O)/C=C/C(C)=C/C[C@@H](C[C@@H]1C=CCC(C[C@H](OC)[C@@H](C)C2C[C@H]([C@H](C)[C@H](O)[C@@H](C)[C@@H](O[Si](C)(C)C(C)(C)C)[C@@H](C)CC[C@H]3CC(OC)C[C@H](C)O3)OC(c3ccc(OC)cc3)O2)O1)O[Si](C)(C)C(C)(C)C. The zero-order chi connectivity index (χ0) is 55.3. The van der Waals surface area contributed by atoms with Gasteiger partial charge in [0, 0.05) is 62.9 Å². The Balaban J connectivity index is 1.56. The summed E-state index contributed by atoms with van der Waals surface area (Å²) in [6, 6.07) is 7.88. The molecule has 0 saturated carbocycles. The molecule has 16 atom stereocenters. The maximum Gasteiger partial charge on any atom is 0.330 e. The van der Waals surface area contributed by atoms with Crippen molar-refractivity contribution in [1.82, 2.24) is 0 Å². The third-order valence-corrected chi connectivity index (χ3v) is 26.5. The Morgan fingerprint density at radius 1 is 0.797 bits per heavy atom. The first-order valence-electron chi connectivity index (χ1n) is 28.0. The van der Waals surface area contributed by atoms with E-state index < -0.39 is 29.0 Å². The van der Waals surface area contributed by atoms with Crippen LogP contribution in [0.3, 0.4) is 0 Å². The van der Waals surface area contributed by atoms with E-state index in [9.17, 15) is 9.90 Å². The van der Waals surface area contributed by atoms with Gasteiger partial charge in [0.1, 0.15) is 5.75 Å². The highest BCUT2D eigenvalue weighted by Crippen LogP contribution is 2.44. The summed E-state index contributed by atoms with van der Waals surface area (Å²) in [5, 5.41) is 12.7. The Labute approximate surface area is 451 Å². The van der Waals surface area contributed by atoms with Gasteiger partial charge in [-0.1, -0.05) is 111 Å². The van der Waals surface area contributed by atoms with Crippen LogP contribution in [0.1, 0.15) is 153 Å². The van der Waals surface area contributed by atoms with Gasteiger partial charge in [-0.05, 0) is 107 Å². The standard InChI is InChI=1S/C60H104O12Si2/c1-39(25-33-55(61)66-16)24-29-50(71-73(17,18)59(7,8)9)35-47-22-21-23-48(68-47)37-52(65-15)42(4)53-38-54(70-58(69-53)45-27-31-46(63-13)32-28-45)43(5)56(62)44(6)57(72-74(19,20)60(10,11)12)40(2)26-30-49-36-51(64-14)34-41(3)67-49/h21-22,24-25,27-28,31-33,40-44,47-54,56-58,62H,23,26,29-30,34-38H2,1-20H3/b33-25+,39-24+/t40-,41-,42+,43-,44+,47-,48?,49-,50-,51?,52-,53?,54+,56-,57-,58?/m0/s1. The van der Waals surface area contributed by atoms with Crippen molar-refractivity contribution >= 4 is 22.6 Å². The van der Waals surface area contributed by atoms with Crippen LogP contribution in [0.4, 0.5) is 0 Å². The molecule has 1 aromatic rings. The summed E-state index contributed by atoms with van der Waals surface area (Å²) in [5.41, 5.74) is 1.86. The van der Waals surface area contributed by atoms with Crippen molar-refractivity contribution in [2.45, 2.75) is 251 Å². The van der Waals surface area contributed by atoms with Crippen LogP contribution in [0.25, 0.3) is 0 Å². The minimum absolute atomic E-state index is 0.00382. The molecule has 0 bridgehead atoms. The molecule has 2 fully saturated rings. The number of aliphatic hydroxyl groups is 1. The van der Waals surface area contributed by atoms with Crippen molar-refractivity contribution in [2.75, 3.05) is 28.4 Å². The molecular formula is C60H104O12Si2. The van der Waals surface area contributed by atoms with Crippen LogP contribution in [0.2, 0.25) is 36.3 Å². The van der Waals surface area contributed by atoms with Gasteiger partial charge >= 0.3 is 5.97 Å². The smallest absolute Gasteiger partial charge is 0.330 e. The molecule has 3 heterocycles. The second kappa shape index (κ2) is 28.6. The summed E-state index contributed by atoms with van der Waals surface area (Å²) >= 11 is 0. The van der Waals surface area contributed by atoms with E-state index in [0.29, 0.717) is 25.7 Å². The Hall–Kier alpha value is -2.22. The number of methoxy groups -OCH3 is 4. The summed E-state index contributed by atoms with van der Waals surface area (Å²) in [6.45, 7) is 35.8. The topological polar surface area (TPSA) is 130 Å². The molecule has 2 saturated heterocycles. The largest absolute Gasteiger partial charge is 0.497 e. The lowest BCUT2D eigenvalue weighted by Crippen LogP contribution is -2.52. The third kappa shape index (κ3) is 18.7. The molecular weight excluding hydrogens is 969 g/mol. The number of hydrogen-bond acceptors (Lipinski definition) is 12. The zero-order valence-electron chi connectivity index (χ0n) is 49.7. The van der Waals surface area contributed by atoms with Crippen LogP contribution in [0.5, 0.6) is 5.75 Å². The maximum absolute atomic E-state index is 12.7. The van der Waals surface area contributed by atoms with E-state index in [0.717, 1.165) is 49.0 Å². The van der Waals surface area contributed by atoms with E-state index in [4.69, 9.17) is 46.7 Å². The molecule has 0 radical (unpaired) electrons. The molecule has 0 aliphatic carbocycles. The Kier molecular flexibility index (Phi) is 24.9. The van der Waals surface area contributed by atoms with Gasteiger partial charge in [-0.2, -0.15) is 0 Å². The lowest BCUT2D eigenvalue weighted by molar-refractivity contribution is -0.278. The average molecular weight is 1070 g/mol. The zero-order valence-corrected chi connectivity index (χ0v) is 51.7. The summed E-state index contributed by atoms with van der Waals surface area (Å²) < 4.78 is 64.2. The number of rotatable bonds is 26. The Morgan fingerprint density at radius 3 is 2.00 bits per heavy atom. The van der Waals surface area contributed by atoms with E-state index in [1.54, 1.807) is 27.4 Å². The minimum Gasteiger partial charge on any atom is -0.497 e. The lowest BCUT2D eigenvalue weighted by Gasteiger charge is -2.47. The molecule has 0 amide bonds. The first-order valence-corrected chi connectivity index (χ1v) is 33.8.